The number of carbonyl (C=O) groups is 2. The zero-order valence-electron chi connectivity index (χ0n) is 18.5. The zero-order valence-corrected chi connectivity index (χ0v) is 18.5. The van der Waals surface area contributed by atoms with Crippen molar-refractivity contribution in [1.82, 2.24) is 10.2 Å². The summed E-state index contributed by atoms with van der Waals surface area (Å²) in [5.41, 5.74) is 2.90. The molecule has 0 bridgehead atoms. The molecule has 0 radical (unpaired) electrons. The number of halogens is 3. The van der Waals surface area contributed by atoms with E-state index < -0.39 is 11.7 Å². The number of carbonyl (C=O) groups excluding carboxylic acids is 2. The van der Waals surface area contributed by atoms with Gasteiger partial charge in [-0.1, -0.05) is 66.7 Å². The molecule has 7 heteroatoms. The highest BCUT2D eigenvalue weighted by atomic mass is 19.4. The number of amides is 2. The highest BCUT2D eigenvalue weighted by molar-refractivity contribution is 5.84. The third-order valence-corrected chi connectivity index (χ3v) is 6.03. The van der Waals surface area contributed by atoms with Crippen molar-refractivity contribution in [2.45, 2.75) is 38.0 Å². The lowest BCUT2D eigenvalue weighted by molar-refractivity contribution is -0.137. The van der Waals surface area contributed by atoms with Crippen molar-refractivity contribution in [2.75, 3.05) is 6.54 Å². The minimum Gasteiger partial charge on any atom is -0.352 e. The van der Waals surface area contributed by atoms with Gasteiger partial charge in [0.1, 0.15) is 0 Å². The molecule has 0 unspecified atom stereocenters. The summed E-state index contributed by atoms with van der Waals surface area (Å²) in [6, 6.07) is 22.5. The molecule has 176 valence electrons. The standard InChI is InChI=1S/C27H25F3N2O2/c28-27(29,30)22-11-6-7-19(17-22)18-31-24(33)13-14-25(34)32-16-15-20-8-4-5-12-23(20)26(32)21-9-2-1-3-10-21/h1-12,17,26H,13-16,18H2,(H,31,33)/t26-/m1/s1. The van der Waals surface area contributed by atoms with Gasteiger partial charge in [0.05, 0.1) is 11.6 Å². The van der Waals surface area contributed by atoms with E-state index in [4.69, 9.17) is 0 Å². The van der Waals surface area contributed by atoms with Gasteiger partial charge in [-0.25, -0.2) is 0 Å². The summed E-state index contributed by atoms with van der Waals surface area (Å²) in [5.74, 6) is -0.503. The van der Waals surface area contributed by atoms with E-state index in [9.17, 15) is 22.8 Å². The van der Waals surface area contributed by atoms with Crippen LogP contribution in [0.4, 0.5) is 13.2 Å². The lowest BCUT2D eigenvalue weighted by atomic mass is 9.88. The number of alkyl halides is 3. The van der Waals surface area contributed by atoms with E-state index in [0.717, 1.165) is 29.7 Å². The Kier molecular flexibility index (Phi) is 7.01. The van der Waals surface area contributed by atoms with Crippen molar-refractivity contribution in [1.29, 1.82) is 0 Å². The van der Waals surface area contributed by atoms with Gasteiger partial charge >= 0.3 is 6.18 Å². The quantitative estimate of drug-likeness (QED) is 0.538. The minimum atomic E-state index is -4.44. The van der Waals surface area contributed by atoms with Crippen molar-refractivity contribution in [3.8, 4) is 0 Å². The first-order valence-corrected chi connectivity index (χ1v) is 11.2. The monoisotopic (exact) mass is 466 g/mol. The van der Waals surface area contributed by atoms with Gasteiger partial charge in [-0.3, -0.25) is 9.59 Å². The van der Waals surface area contributed by atoms with E-state index in [2.05, 4.69) is 11.4 Å². The normalized spacial score (nSPS) is 15.5. The third kappa shape index (κ3) is 5.47. The second-order valence-electron chi connectivity index (χ2n) is 8.32. The molecule has 1 heterocycles. The van der Waals surface area contributed by atoms with Gasteiger partial charge in [0.2, 0.25) is 11.8 Å². The number of nitrogens with zero attached hydrogens (tertiary/aromatic N) is 1. The van der Waals surface area contributed by atoms with Crippen LogP contribution in [-0.2, 0) is 28.7 Å². The Hall–Kier alpha value is -3.61. The molecule has 1 N–H and O–H groups in total. The van der Waals surface area contributed by atoms with Crippen LogP contribution in [-0.4, -0.2) is 23.3 Å². The van der Waals surface area contributed by atoms with Crippen molar-refractivity contribution in [2.24, 2.45) is 0 Å². The van der Waals surface area contributed by atoms with Crippen molar-refractivity contribution in [3.05, 3.63) is 107 Å². The van der Waals surface area contributed by atoms with Gasteiger partial charge in [-0.15, -0.1) is 0 Å². The maximum atomic E-state index is 13.1. The molecule has 3 aromatic carbocycles. The Labute approximate surface area is 196 Å². The van der Waals surface area contributed by atoms with Gasteiger partial charge in [0.15, 0.2) is 0 Å². The predicted octanol–water partition coefficient (Wildman–Crippen LogP) is 5.28. The summed E-state index contributed by atoms with van der Waals surface area (Å²) in [4.78, 5) is 27.3. The summed E-state index contributed by atoms with van der Waals surface area (Å²) in [7, 11) is 0. The first-order chi connectivity index (χ1) is 16.3. The number of fused-ring (bicyclic) bond motifs is 1. The summed E-state index contributed by atoms with van der Waals surface area (Å²) in [6.07, 6.45) is -3.70. The van der Waals surface area contributed by atoms with Crippen molar-refractivity contribution < 1.29 is 22.8 Å². The molecule has 0 fully saturated rings. The van der Waals surface area contributed by atoms with E-state index in [1.807, 2.05) is 53.4 Å². The Morgan fingerprint density at radius 3 is 2.41 bits per heavy atom. The topological polar surface area (TPSA) is 49.4 Å². The van der Waals surface area contributed by atoms with Crippen LogP contribution >= 0.6 is 0 Å². The van der Waals surface area contributed by atoms with Crippen LogP contribution in [0.2, 0.25) is 0 Å². The molecule has 0 saturated heterocycles. The van der Waals surface area contributed by atoms with Crippen LogP contribution < -0.4 is 5.32 Å². The molecule has 4 rings (SSSR count). The molecule has 1 atom stereocenters. The summed E-state index contributed by atoms with van der Waals surface area (Å²) in [5, 5.41) is 2.62. The highest BCUT2D eigenvalue weighted by Crippen LogP contribution is 2.35. The van der Waals surface area contributed by atoms with E-state index >= 15 is 0 Å². The van der Waals surface area contributed by atoms with E-state index in [-0.39, 0.29) is 37.2 Å². The first kappa shape index (κ1) is 23.5. The summed E-state index contributed by atoms with van der Waals surface area (Å²) >= 11 is 0. The highest BCUT2D eigenvalue weighted by Gasteiger charge is 2.32. The fourth-order valence-electron chi connectivity index (χ4n) is 4.34. The fourth-order valence-corrected chi connectivity index (χ4v) is 4.34. The SMILES string of the molecule is O=C(CCC(=O)N1CCc2ccccc2[C@H]1c1ccccc1)NCc1cccc(C(F)(F)F)c1. The minimum absolute atomic E-state index is 0.0271. The van der Waals surface area contributed by atoms with Crippen LogP contribution in [0, 0.1) is 0 Å². The Balaban J connectivity index is 1.39. The van der Waals surface area contributed by atoms with Crippen LogP contribution in [0.25, 0.3) is 0 Å². The van der Waals surface area contributed by atoms with Gasteiger partial charge in [0.25, 0.3) is 0 Å². The molecule has 3 aromatic rings. The number of nitrogens with one attached hydrogen (secondary N) is 1. The lowest BCUT2D eigenvalue weighted by Crippen LogP contribution is -2.41. The molecular formula is C27H25F3N2O2. The molecule has 4 nitrogen and oxygen atoms in total. The maximum Gasteiger partial charge on any atom is 0.416 e. The Morgan fingerprint density at radius 2 is 1.65 bits per heavy atom. The smallest absolute Gasteiger partial charge is 0.352 e. The van der Waals surface area contributed by atoms with E-state index in [1.54, 1.807) is 0 Å². The second-order valence-corrected chi connectivity index (χ2v) is 8.32. The molecule has 0 aliphatic carbocycles. The Morgan fingerprint density at radius 1 is 0.912 bits per heavy atom. The van der Waals surface area contributed by atoms with Gasteiger partial charge in [-0.05, 0) is 40.8 Å². The first-order valence-electron chi connectivity index (χ1n) is 11.2. The second kappa shape index (κ2) is 10.1. The maximum absolute atomic E-state index is 13.1. The van der Waals surface area contributed by atoms with Gasteiger partial charge in [-0.2, -0.15) is 13.2 Å². The molecular weight excluding hydrogens is 441 g/mol. The number of benzene rings is 3. The zero-order chi connectivity index (χ0) is 24.1. The van der Waals surface area contributed by atoms with Crippen LogP contribution in [0.5, 0.6) is 0 Å². The van der Waals surface area contributed by atoms with Crippen molar-refractivity contribution in [3.63, 3.8) is 0 Å². The molecule has 1 aliphatic rings. The largest absolute Gasteiger partial charge is 0.416 e. The lowest BCUT2D eigenvalue weighted by Gasteiger charge is -2.38. The van der Waals surface area contributed by atoms with Gasteiger partial charge < -0.3 is 10.2 Å². The van der Waals surface area contributed by atoms with Crippen LogP contribution in [0.1, 0.15) is 46.7 Å². The van der Waals surface area contributed by atoms with Crippen LogP contribution in [0.15, 0.2) is 78.9 Å². The molecule has 0 aromatic heterocycles. The molecule has 0 saturated carbocycles. The number of hydrogen-bond acceptors (Lipinski definition) is 2. The molecule has 34 heavy (non-hydrogen) atoms. The summed E-state index contributed by atoms with van der Waals surface area (Å²) in [6.45, 7) is 0.530. The molecule has 1 aliphatic heterocycles. The van der Waals surface area contributed by atoms with Crippen molar-refractivity contribution >= 4 is 11.8 Å². The fraction of sp³-hybridized carbons (Fsp3) is 0.259. The predicted molar refractivity (Wildman–Crippen MR) is 123 cm³/mol. The number of hydrogen-bond donors (Lipinski definition) is 1. The van der Waals surface area contributed by atoms with E-state index in [0.29, 0.717) is 12.1 Å². The van der Waals surface area contributed by atoms with E-state index in [1.165, 1.54) is 17.7 Å². The molecule has 0 spiro atoms. The van der Waals surface area contributed by atoms with Gasteiger partial charge in [0, 0.05) is 25.9 Å². The average molecular weight is 467 g/mol. The summed E-state index contributed by atoms with van der Waals surface area (Å²) < 4.78 is 38.6. The number of rotatable bonds is 6. The Bertz CT molecular complexity index is 1160. The molecule has 2 amide bonds. The van der Waals surface area contributed by atoms with Crippen LogP contribution in [0.3, 0.4) is 0 Å². The average Bonchev–Trinajstić information content (AvgIpc) is 2.85. The third-order valence-electron chi connectivity index (χ3n) is 6.03.